The summed E-state index contributed by atoms with van der Waals surface area (Å²) in [5, 5.41) is 4.01. The minimum Gasteiger partial charge on any atom is -0.497 e. The first-order chi connectivity index (χ1) is 12.8. The zero-order valence-electron chi connectivity index (χ0n) is 14.6. The number of amides is 1. The first-order valence-electron chi connectivity index (χ1n) is 8.73. The van der Waals surface area contributed by atoms with E-state index in [4.69, 9.17) is 9.26 Å². The molecule has 0 bridgehead atoms. The van der Waals surface area contributed by atoms with Crippen LogP contribution in [0.2, 0.25) is 0 Å². The first kappa shape index (κ1) is 16.4. The van der Waals surface area contributed by atoms with Gasteiger partial charge >= 0.3 is 0 Å². The van der Waals surface area contributed by atoms with Gasteiger partial charge in [-0.3, -0.25) is 4.79 Å². The predicted molar refractivity (Wildman–Crippen MR) is 97.9 cm³/mol. The van der Waals surface area contributed by atoms with Gasteiger partial charge in [0, 0.05) is 18.2 Å². The van der Waals surface area contributed by atoms with Gasteiger partial charge in [0.25, 0.3) is 5.91 Å². The van der Waals surface area contributed by atoms with Crippen molar-refractivity contribution >= 4 is 5.91 Å². The minimum atomic E-state index is -0.0961. The molecule has 5 nitrogen and oxygen atoms in total. The van der Waals surface area contributed by atoms with Gasteiger partial charge in [0.15, 0.2) is 11.5 Å². The molecule has 1 unspecified atom stereocenters. The number of nitrogens with zero attached hydrogens (tertiary/aromatic N) is 2. The van der Waals surface area contributed by atoms with Crippen LogP contribution in [-0.4, -0.2) is 29.6 Å². The fourth-order valence-corrected chi connectivity index (χ4v) is 3.47. The van der Waals surface area contributed by atoms with E-state index in [0.29, 0.717) is 18.0 Å². The topological polar surface area (TPSA) is 55.6 Å². The molecule has 0 aliphatic carbocycles. The van der Waals surface area contributed by atoms with Crippen molar-refractivity contribution < 1.29 is 14.1 Å². The van der Waals surface area contributed by atoms with E-state index in [0.717, 1.165) is 29.7 Å². The maximum absolute atomic E-state index is 13.0. The Kier molecular flexibility index (Phi) is 4.44. The number of aromatic nitrogens is 1. The Bertz CT molecular complexity index is 904. The second-order valence-electron chi connectivity index (χ2n) is 6.38. The fourth-order valence-electron chi connectivity index (χ4n) is 3.47. The maximum atomic E-state index is 13.0. The second kappa shape index (κ2) is 7.04. The third-order valence-electron chi connectivity index (χ3n) is 4.78. The zero-order valence-corrected chi connectivity index (χ0v) is 14.6. The van der Waals surface area contributed by atoms with E-state index in [1.807, 2.05) is 59.5 Å². The Morgan fingerprint density at radius 3 is 2.81 bits per heavy atom. The number of hydrogen-bond donors (Lipinski definition) is 0. The lowest BCUT2D eigenvalue weighted by molar-refractivity contribution is 0.0725. The average Bonchev–Trinajstić information content (AvgIpc) is 3.38. The van der Waals surface area contributed by atoms with Gasteiger partial charge in [-0.15, -0.1) is 0 Å². The van der Waals surface area contributed by atoms with Crippen molar-refractivity contribution in [2.24, 2.45) is 0 Å². The molecular formula is C21H20N2O3. The van der Waals surface area contributed by atoms with Gasteiger partial charge in [-0.2, -0.15) is 0 Å². The summed E-state index contributed by atoms with van der Waals surface area (Å²) in [4.78, 5) is 14.9. The first-order valence-corrected chi connectivity index (χ1v) is 8.73. The summed E-state index contributed by atoms with van der Waals surface area (Å²) in [6.07, 6.45) is 1.90. The van der Waals surface area contributed by atoms with E-state index in [1.54, 1.807) is 13.2 Å². The van der Waals surface area contributed by atoms with Crippen LogP contribution in [0.1, 0.15) is 34.9 Å². The molecule has 1 aliphatic rings. The van der Waals surface area contributed by atoms with Crippen molar-refractivity contribution in [3.63, 3.8) is 0 Å². The Labute approximate surface area is 152 Å². The molecule has 1 aliphatic heterocycles. The van der Waals surface area contributed by atoms with Crippen LogP contribution < -0.4 is 4.74 Å². The third kappa shape index (κ3) is 3.08. The van der Waals surface area contributed by atoms with Crippen molar-refractivity contribution in [1.82, 2.24) is 10.1 Å². The van der Waals surface area contributed by atoms with E-state index in [1.165, 1.54) is 0 Å². The molecule has 1 atom stereocenters. The maximum Gasteiger partial charge on any atom is 0.276 e. The van der Waals surface area contributed by atoms with Crippen molar-refractivity contribution in [1.29, 1.82) is 0 Å². The lowest BCUT2D eigenvalue weighted by Gasteiger charge is -2.24. The van der Waals surface area contributed by atoms with Crippen LogP contribution >= 0.6 is 0 Å². The number of hydrogen-bond acceptors (Lipinski definition) is 4. The molecule has 1 saturated heterocycles. The van der Waals surface area contributed by atoms with E-state index < -0.39 is 0 Å². The quantitative estimate of drug-likeness (QED) is 0.704. The highest BCUT2D eigenvalue weighted by atomic mass is 16.5. The van der Waals surface area contributed by atoms with Crippen LogP contribution in [-0.2, 0) is 0 Å². The van der Waals surface area contributed by atoms with Crippen molar-refractivity contribution in [3.05, 3.63) is 71.9 Å². The van der Waals surface area contributed by atoms with Crippen molar-refractivity contribution in [2.75, 3.05) is 13.7 Å². The SMILES string of the molecule is COc1cccc(C2CCCN2C(=O)c2cc(-c3ccccc3)on2)c1. The monoisotopic (exact) mass is 348 g/mol. The number of likely N-dealkylation sites (tertiary alicyclic amines) is 1. The molecular weight excluding hydrogens is 328 g/mol. The lowest BCUT2D eigenvalue weighted by atomic mass is 10.0. The number of carbonyl (C=O) groups excluding carboxylic acids is 1. The smallest absolute Gasteiger partial charge is 0.276 e. The molecule has 0 N–H and O–H groups in total. The molecule has 2 heterocycles. The lowest BCUT2D eigenvalue weighted by Crippen LogP contribution is -2.30. The molecule has 1 aromatic heterocycles. The van der Waals surface area contributed by atoms with E-state index in [-0.39, 0.29) is 11.9 Å². The van der Waals surface area contributed by atoms with Crippen LogP contribution in [0.5, 0.6) is 5.75 Å². The van der Waals surface area contributed by atoms with Crippen LogP contribution in [0.25, 0.3) is 11.3 Å². The molecule has 5 heteroatoms. The van der Waals surface area contributed by atoms with Gasteiger partial charge in [0.05, 0.1) is 13.2 Å². The summed E-state index contributed by atoms with van der Waals surface area (Å²) in [5.41, 5.74) is 2.34. The largest absolute Gasteiger partial charge is 0.497 e. The Morgan fingerprint density at radius 2 is 2.00 bits per heavy atom. The summed E-state index contributed by atoms with van der Waals surface area (Å²) in [5.74, 6) is 1.31. The number of ether oxygens (including phenoxy) is 1. The molecule has 0 radical (unpaired) electrons. The molecule has 26 heavy (non-hydrogen) atoms. The van der Waals surface area contributed by atoms with Crippen LogP contribution in [0.15, 0.2) is 65.2 Å². The summed E-state index contributed by atoms with van der Waals surface area (Å²) >= 11 is 0. The summed E-state index contributed by atoms with van der Waals surface area (Å²) in [7, 11) is 1.65. The van der Waals surface area contributed by atoms with Gasteiger partial charge in [-0.25, -0.2) is 0 Å². The molecule has 0 saturated carbocycles. The Hall–Kier alpha value is -3.08. The number of carbonyl (C=O) groups is 1. The average molecular weight is 348 g/mol. The molecule has 4 rings (SSSR count). The minimum absolute atomic E-state index is 0.0366. The van der Waals surface area contributed by atoms with Crippen molar-refractivity contribution in [3.8, 4) is 17.1 Å². The van der Waals surface area contributed by atoms with Gasteiger partial charge in [0.1, 0.15) is 5.75 Å². The fraction of sp³-hybridized carbons (Fsp3) is 0.238. The summed E-state index contributed by atoms with van der Waals surface area (Å²) in [6, 6.07) is 19.3. The number of rotatable bonds is 4. The van der Waals surface area contributed by atoms with Gasteiger partial charge in [-0.05, 0) is 30.5 Å². The molecule has 1 amide bonds. The van der Waals surface area contributed by atoms with Crippen LogP contribution in [0, 0.1) is 0 Å². The van der Waals surface area contributed by atoms with Gasteiger partial charge in [0.2, 0.25) is 0 Å². The molecule has 0 spiro atoms. The van der Waals surface area contributed by atoms with Crippen LogP contribution in [0.4, 0.5) is 0 Å². The van der Waals surface area contributed by atoms with E-state index >= 15 is 0 Å². The predicted octanol–water partition coefficient (Wildman–Crippen LogP) is 4.33. The molecule has 132 valence electrons. The van der Waals surface area contributed by atoms with Crippen molar-refractivity contribution in [2.45, 2.75) is 18.9 Å². The second-order valence-corrected chi connectivity index (χ2v) is 6.38. The normalized spacial score (nSPS) is 16.7. The highest BCUT2D eigenvalue weighted by Gasteiger charge is 2.32. The standard InChI is InChI=1S/C21H20N2O3/c1-25-17-10-5-9-16(13-17)19-11-6-12-23(19)21(24)18-14-20(26-22-18)15-7-3-2-4-8-15/h2-5,7-10,13-14,19H,6,11-12H2,1H3. The number of benzene rings is 2. The highest BCUT2D eigenvalue weighted by Crippen LogP contribution is 2.34. The van der Waals surface area contributed by atoms with E-state index in [9.17, 15) is 4.79 Å². The summed E-state index contributed by atoms with van der Waals surface area (Å²) in [6.45, 7) is 0.717. The van der Waals surface area contributed by atoms with Gasteiger partial charge < -0.3 is 14.2 Å². The van der Waals surface area contributed by atoms with Gasteiger partial charge in [-0.1, -0.05) is 47.6 Å². The Morgan fingerprint density at radius 1 is 1.15 bits per heavy atom. The summed E-state index contributed by atoms with van der Waals surface area (Å²) < 4.78 is 10.7. The molecule has 3 aromatic rings. The number of methoxy groups -OCH3 is 1. The highest BCUT2D eigenvalue weighted by molar-refractivity contribution is 5.93. The van der Waals surface area contributed by atoms with Crippen LogP contribution in [0.3, 0.4) is 0 Å². The molecule has 2 aromatic carbocycles. The zero-order chi connectivity index (χ0) is 17.9. The Balaban J connectivity index is 1.58. The molecule has 1 fully saturated rings. The van der Waals surface area contributed by atoms with E-state index in [2.05, 4.69) is 5.16 Å². The third-order valence-corrected chi connectivity index (χ3v) is 4.78.